The van der Waals surface area contributed by atoms with Crippen molar-refractivity contribution in [3.63, 3.8) is 0 Å². The van der Waals surface area contributed by atoms with Crippen LogP contribution in [-0.2, 0) is 6.42 Å². The number of hydrogen-bond donors (Lipinski definition) is 1. The van der Waals surface area contributed by atoms with Crippen molar-refractivity contribution >= 4 is 10.8 Å². The van der Waals surface area contributed by atoms with E-state index < -0.39 is 0 Å². The minimum Gasteiger partial charge on any atom is -0.437 e. The quantitative estimate of drug-likeness (QED) is 0.788. The minimum atomic E-state index is 0.523. The van der Waals surface area contributed by atoms with E-state index in [1.165, 1.54) is 5.56 Å². The van der Waals surface area contributed by atoms with Crippen LogP contribution in [-0.4, -0.2) is 16.7 Å². The van der Waals surface area contributed by atoms with Crippen LogP contribution in [0, 0.1) is 0 Å². The summed E-state index contributed by atoms with van der Waals surface area (Å²) < 4.78 is 5.82. The number of fused-ring (bicyclic) bond motifs is 1. The molecule has 0 amide bonds. The van der Waals surface area contributed by atoms with Crippen LogP contribution >= 0.6 is 0 Å². The van der Waals surface area contributed by atoms with Crippen LogP contribution in [0.5, 0.6) is 11.6 Å². The molecule has 3 rings (SSSR count). The number of nitrogens with two attached hydrogens (primary N) is 1. The highest BCUT2D eigenvalue weighted by Crippen LogP contribution is 2.26. The van der Waals surface area contributed by atoms with Crippen molar-refractivity contribution in [1.82, 2.24) is 10.2 Å². The SMILES string of the molecule is NCCc1ccc(Oc2nncc3ccccc23)cc1. The third kappa shape index (κ3) is 2.60. The summed E-state index contributed by atoms with van der Waals surface area (Å²) in [5.74, 6) is 1.27. The molecule has 3 aromatic rings. The molecular formula is C16H15N3O. The number of benzene rings is 2. The third-order valence-electron chi connectivity index (χ3n) is 3.11. The molecule has 2 aromatic carbocycles. The first-order valence-electron chi connectivity index (χ1n) is 6.54. The lowest BCUT2D eigenvalue weighted by molar-refractivity contribution is 0.461. The highest BCUT2D eigenvalue weighted by Gasteiger charge is 2.05. The Morgan fingerprint density at radius 3 is 2.60 bits per heavy atom. The summed E-state index contributed by atoms with van der Waals surface area (Å²) in [7, 11) is 0. The Morgan fingerprint density at radius 2 is 1.80 bits per heavy atom. The van der Waals surface area contributed by atoms with E-state index >= 15 is 0 Å². The number of aromatic nitrogens is 2. The maximum Gasteiger partial charge on any atom is 0.246 e. The van der Waals surface area contributed by atoms with Crippen molar-refractivity contribution in [3.05, 3.63) is 60.3 Å². The zero-order chi connectivity index (χ0) is 13.8. The molecule has 1 aromatic heterocycles. The van der Waals surface area contributed by atoms with Crippen LogP contribution < -0.4 is 10.5 Å². The van der Waals surface area contributed by atoms with Gasteiger partial charge in [0.1, 0.15) is 5.75 Å². The van der Waals surface area contributed by atoms with Crippen molar-refractivity contribution in [2.24, 2.45) is 5.73 Å². The normalized spacial score (nSPS) is 10.7. The molecule has 0 saturated carbocycles. The summed E-state index contributed by atoms with van der Waals surface area (Å²) >= 11 is 0. The highest BCUT2D eigenvalue weighted by molar-refractivity contribution is 5.85. The molecule has 1 heterocycles. The third-order valence-corrected chi connectivity index (χ3v) is 3.11. The van der Waals surface area contributed by atoms with Gasteiger partial charge in [0.05, 0.1) is 6.20 Å². The maximum absolute atomic E-state index is 5.82. The fraction of sp³-hybridized carbons (Fsp3) is 0.125. The van der Waals surface area contributed by atoms with Crippen molar-refractivity contribution < 1.29 is 4.74 Å². The zero-order valence-corrected chi connectivity index (χ0v) is 11.0. The molecule has 0 radical (unpaired) electrons. The number of hydrogen-bond acceptors (Lipinski definition) is 4. The second-order valence-electron chi connectivity index (χ2n) is 4.52. The average Bonchev–Trinajstić information content (AvgIpc) is 2.50. The summed E-state index contributed by atoms with van der Waals surface area (Å²) in [5, 5.41) is 10.00. The molecule has 0 aliphatic heterocycles. The van der Waals surface area contributed by atoms with E-state index in [1.54, 1.807) is 6.20 Å². The van der Waals surface area contributed by atoms with E-state index in [9.17, 15) is 0 Å². The molecule has 0 bridgehead atoms. The molecule has 2 N–H and O–H groups in total. The van der Waals surface area contributed by atoms with Crippen LogP contribution in [0.1, 0.15) is 5.56 Å². The minimum absolute atomic E-state index is 0.523. The van der Waals surface area contributed by atoms with Gasteiger partial charge in [0.2, 0.25) is 5.88 Å². The van der Waals surface area contributed by atoms with E-state index in [2.05, 4.69) is 10.2 Å². The Morgan fingerprint density at radius 1 is 1.00 bits per heavy atom. The molecule has 4 heteroatoms. The average molecular weight is 265 g/mol. The second-order valence-corrected chi connectivity index (χ2v) is 4.52. The molecule has 0 atom stereocenters. The molecule has 0 aliphatic rings. The van der Waals surface area contributed by atoms with Crippen LogP contribution in [0.2, 0.25) is 0 Å². The second kappa shape index (κ2) is 5.67. The Balaban J connectivity index is 1.89. The van der Waals surface area contributed by atoms with Crippen molar-refractivity contribution in [2.75, 3.05) is 6.54 Å². The molecule has 0 fully saturated rings. The van der Waals surface area contributed by atoms with E-state index in [0.29, 0.717) is 12.4 Å². The van der Waals surface area contributed by atoms with Crippen molar-refractivity contribution in [3.8, 4) is 11.6 Å². The molecule has 0 spiro atoms. The first kappa shape index (κ1) is 12.6. The van der Waals surface area contributed by atoms with Gasteiger partial charge in [-0.2, -0.15) is 5.10 Å². The van der Waals surface area contributed by atoms with Gasteiger partial charge in [-0.1, -0.05) is 30.3 Å². The predicted octanol–water partition coefficient (Wildman–Crippen LogP) is 2.92. The Labute approximate surface area is 117 Å². The predicted molar refractivity (Wildman–Crippen MR) is 78.8 cm³/mol. The monoisotopic (exact) mass is 265 g/mol. The number of ether oxygens (including phenoxy) is 1. The first-order chi connectivity index (χ1) is 9.86. The Kier molecular flexibility index (Phi) is 3.56. The molecular weight excluding hydrogens is 250 g/mol. The maximum atomic E-state index is 5.82. The Hall–Kier alpha value is -2.46. The van der Waals surface area contributed by atoms with E-state index in [0.717, 1.165) is 22.9 Å². The van der Waals surface area contributed by atoms with Crippen molar-refractivity contribution in [1.29, 1.82) is 0 Å². The summed E-state index contributed by atoms with van der Waals surface area (Å²) in [5.41, 5.74) is 6.73. The van der Waals surface area contributed by atoms with Crippen molar-refractivity contribution in [2.45, 2.75) is 6.42 Å². The van der Waals surface area contributed by atoms with Gasteiger partial charge in [0.15, 0.2) is 0 Å². The fourth-order valence-corrected chi connectivity index (χ4v) is 2.08. The van der Waals surface area contributed by atoms with Crippen LogP contribution in [0.4, 0.5) is 0 Å². The summed E-state index contributed by atoms with van der Waals surface area (Å²) in [6.07, 6.45) is 2.60. The van der Waals surface area contributed by atoms with Gasteiger partial charge in [-0.25, -0.2) is 0 Å². The fourth-order valence-electron chi connectivity index (χ4n) is 2.08. The van der Waals surface area contributed by atoms with Gasteiger partial charge in [0.25, 0.3) is 0 Å². The lowest BCUT2D eigenvalue weighted by Gasteiger charge is -2.07. The smallest absolute Gasteiger partial charge is 0.246 e. The molecule has 0 aliphatic carbocycles. The topological polar surface area (TPSA) is 61.0 Å². The standard InChI is InChI=1S/C16H15N3O/c17-10-9-12-5-7-14(8-6-12)20-16-15-4-2-1-3-13(15)11-18-19-16/h1-8,11H,9-10,17H2. The molecule has 20 heavy (non-hydrogen) atoms. The van der Waals surface area contributed by atoms with Crippen LogP contribution in [0.25, 0.3) is 10.8 Å². The molecule has 0 saturated heterocycles. The summed E-state index contributed by atoms with van der Waals surface area (Å²) in [6.45, 7) is 0.648. The summed E-state index contributed by atoms with van der Waals surface area (Å²) in [6, 6.07) is 15.8. The largest absolute Gasteiger partial charge is 0.437 e. The van der Waals surface area contributed by atoms with E-state index in [-0.39, 0.29) is 0 Å². The summed E-state index contributed by atoms with van der Waals surface area (Å²) in [4.78, 5) is 0. The molecule has 4 nitrogen and oxygen atoms in total. The van der Waals surface area contributed by atoms with Gasteiger partial charge >= 0.3 is 0 Å². The molecule has 0 unspecified atom stereocenters. The Bertz CT molecular complexity index is 705. The lowest BCUT2D eigenvalue weighted by atomic mass is 10.1. The molecule has 100 valence electrons. The number of nitrogens with zero attached hydrogens (tertiary/aromatic N) is 2. The van der Waals surface area contributed by atoms with Gasteiger partial charge in [-0.15, -0.1) is 5.10 Å². The van der Waals surface area contributed by atoms with Crippen LogP contribution in [0.3, 0.4) is 0 Å². The van der Waals surface area contributed by atoms with E-state index in [1.807, 2.05) is 48.5 Å². The van der Waals surface area contributed by atoms with E-state index in [4.69, 9.17) is 10.5 Å². The van der Waals surface area contributed by atoms with Crippen LogP contribution in [0.15, 0.2) is 54.7 Å². The lowest BCUT2D eigenvalue weighted by Crippen LogP contribution is -2.02. The zero-order valence-electron chi connectivity index (χ0n) is 11.0. The van der Waals surface area contributed by atoms with Gasteiger partial charge in [0, 0.05) is 10.8 Å². The van der Waals surface area contributed by atoms with Gasteiger partial charge < -0.3 is 10.5 Å². The van der Waals surface area contributed by atoms with Gasteiger partial charge in [-0.05, 0) is 36.7 Å². The highest BCUT2D eigenvalue weighted by atomic mass is 16.5. The first-order valence-corrected chi connectivity index (χ1v) is 6.54. The van der Waals surface area contributed by atoms with Gasteiger partial charge in [-0.3, -0.25) is 0 Å². The number of rotatable bonds is 4.